The highest BCUT2D eigenvalue weighted by Gasteiger charge is 2.40. The van der Waals surface area contributed by atoms with Crippen LogP contribution in [0, 0.1) is 30.3 Å². The zero-order valence-corrected chi connectivity index (χ0v) is 24.9. The number of rotatable bonds is 11. The lowest BCUT2D eigenvalue weighted by atomic mass is 10.1. The number of hydrogen-bond acceptors (Lipinski definition) is 12. The van der Waals surface area contributed by atoms with Crippen molar-refractivity contribution in [3.05, 3.63) is 83.4 Å². The highest BCUT2D eigenvalue weighted by atomic mass is 32.2. The molecule has 0 bridgehead atoms. The molecular weight excluding hydrogens is 723 g/mol. The fraction of sp³-hybridized carbons (Fsp3) is 0.217. The van der Waals surface area contributed by atoms with E-state index in [1.54, 1.807) is 0 Å². The number of anilines is 3. The zero-order valence-electron chi connectivity index (χ0n) is 22.4. The maximum atomic E-state index is 14.0. The van der Waals surface area contributed by atoms with Crippen LogP contribution in [0.1, 0.15) is 16.7 Å². The molecule has 0 aliphatic carbocycles. The number of benzene rings is 3. The molecule has 0 unspecified atom stereocenters. The molecule has 0 saturated heterocycles. The molecule has 24 heteroatoms. The second-order valence-electron chi connectivity index (χ2n) is 8.85. The molecule has 0 saturated carbocycles. The van der Waals surface area contributed by atoms with Gasteiger partial charge in [0.1, 0.15) is 17.1 Å². The topological polar surface area (TPSA) is 180 Å². The fourth-order valence-corrected chi connectivity index (χ4v) is 5.68. The Morgan fingerprint density at radius 2 is 0.979 bits per heavy atom. The number of nitrogens with two attached hydrogens (primary N) is 1. The van der Waals surface area contributed by atoms with Crippen LogP contribution in [0.25, 0.3) is 0 Å². The molecule has 0 spiro atoms. The molecule has 3 rings (SSSR count). The largest absolute Gasteiger partial charge is 0.418 e. The summed E-state index contributed by atoms with van der Waals surface area (Å²) >= 11 is 4.35. The fourth-order valence-electron chi connectivity index (χ4n) is 3.87. The smallest absolute Gasteiger partial charge is 0.393 e. The third-order valence-electron chi connectivity index (χ3n) is 5.81. The first-order chi connectivity index (χ1) is 21.5. The van der Waals surface area contributed by atoms with Gasteiger partial charge in [-0.05, 0) is 18.2 Å². The summed E-state index contributed by atoms with van der Waals surface area (Å²) in [6, 6.07) is 3.20. The summed E-state index contributed by atoms with van der Waals surface area (Å²) in [5.41, 5.74) is -6.32. The predicted octanol–water partition coefficient (Wildman–Crippen LogP) is 8.66. The van der Waals surface area contributed by atoms with E-state index in [1.165, 1.54) is 0 Å². The van der Waals surface area contributed by atoms with Crippen LogP contribution in [0.3, 0.4) is 0 Å². The van der Waals surface area contributed by atoms with Gasteiger partial charge in [0, 0.05) is 32.9 Å². The van der Waals surface area contributed by atoms with Crippen molar-refractivity contribution in [2.24, 2.45) is 0 Å². The average molecular weight is 739 g/mol. The predicted molar refractivity (Wildman–Crippen MR) is 155 cm³/mol. The molecule has 0 aromatic heterocycles. The summed E-state index contributed by atoms with van der Waals surface area (Å²) in [7, 11) is 0. The van der Waals surface area contributed by atoms with Gasteiger partial charge in [-0.1, -0.05) is 0 Å². The normalized spacial score (nSPS) is 12.1. The second-order valence-corrected chi connectivity index (χ2v) is 11.5. The minimum Gasteiger partial charge on any atom is -0.393 e. The van der Waals surface area contributed by atoms with Crippen molar-refractivity contribution < 1.29 is 54.3 Å². The molecular formula is C23H15F9N6O6S3. The van der Waals surface area contributed by atoms with E-state index in [9.17, 15) is 69.9 Å². The number of halogens is 9. The number of thiol groups is 1. The lowest BCUT2D eigenvalue weighted by molar-refractivity contribution is -0.384. The Bertz CT molecular complexity index is 1740. The van der Waals surface area contributed by atoms with Crippen molar-refractivity contribution in [1.29, 1.82) is 0 Å². The van der Waals surface area contributed by atoms with Crippen LogP contribution in [-0.4, -0.2) is 26.5 Å². The molecule has 0 heterocycles. The summed E-state index contributed by atoms with van der Waals surface area (Å²) in [5, 5.41) is 38.5. The Labute approximate surface area is 269 Å². The van der Waals surface area contributed by atoms with Crippen LogP contribution in [0.15, 0.2) is 51.1 Å². The van der Waals surface area contributed by atoms with Gasteiger partial charge in [0.15, 0.2) is 0 Å². The third-order valence-corrected chi connectivity index (χ3v) is 7.78. The maximum Gasteiger partial charge on any atom is 0.418 e. The number of nitrogens with zero attached hydrogens (tertiary/aromatic N) is 3. The van der Waals surface area contributed by atoms with Crippen molar-refractivity contribution in [3.63, 3.8) is 0 Å². The van der Waals surface area contributed by atoms with Gasteiger partial charge in [-0.2, -0.15) is 39.5 Å². The van der Waals surface area contributed by atoms with Crippen LogP contribution >= 0.6 is 36.2 Å². The van der Waals surface area contributed by atoms with Gasteiger partial charge in [0.2, 0.25) is 0 Å². The van der Waals surface area contributed by atoms with Crippen molar-refractivity contribution >= 4 is 70.3 Å². The Morgan fingerprint density at radius 3 is 1.38 bits per heavy atom. The highest BCUT2D eigenvalue weighted by molar-refractivity contribution is 7.99. The van der Waals surface area contributed by atoms with E-state index in [4.69, 9.17) is 5.73 Å². The van der Waals surface area contributed by atoms with E-state index in [0.717, 1.165) is 0 Å². The van der Waals surface area contributed by atoms with Gasteiger partial charge in [-0.25, -0.2) is 0 Å². The van der Waals surface area contributed by atoms with Crippen LogP contribution < -0.4 is 16.4 Å². The van der Waals surface area contributed by atoms with E-state index in [0.29, 0.717) is 59.9 Å². The first-order valence-corrected chi connectivity index (χ1v) is 14.3. The van der Waals surface area contributed by atoms with E-state index >= 15 is 0 Å². The summed E-state index contributed by atoms with van der Waals surface area (Å²) < 4.78 is 123. The number of hydrogen-bond donors (Lipinski definition) is 4. The molecule has 0 aliphatic heterocycles. The molecule has 47 heavy (non-hydrogen) atoms. The Balaban J connectivity index is 1.94. The number of thioether (sulfide) groups is 2. The van der Waals surface area contributed by atoms with Crippen molar-refractivity contribution in [3.8, 4) is 0 Å². The molecule has 4 N–H and O–H groups in total. The van der Waals surface area contributed by atoms with Crippen molar-refractivity contribution in [2.75, 3.05) is 28.1 Å². The van der Waals surface area contributed by atoms with Crippen LogP contribution in [-0.2, 0) is 18.5 Å². The lowest BCUT2D eigenvalue weighted by Crippen LogP contribution is -2.14. The Morgan fingerprint density at radius 1 is 0.617 bits per heavy atom. The molecule has 0 amide bonds. The minimum atomic E-state index is -5.30. The van der Waals surface area contributed by atoms with Crippen LogP contribution in [0.2, 0.25) is 0 Å². The number of nitro groups is 3. The number of nitro benzene ring substituents is 3. The Kier molecular flexibility index (Phi) is 10.9. The van der Waals surface area contributed by atoms with Gasteiger partial charge in [0.25, 0.3) is 17.1 Å². The first-order valence-electron chi connectivity index (χ1n) is 11.9. The monoisotopic (exact) mass is 738 g/mol. The SMILES string of the molecule is Nc1c([N+](=O)[O-])cc(SCNc2c([N+](=O)[O-])cc(SCNc3c([N+](=O)[O-])cc(S)cc3C(F)(F)F)cc2C(F)(F)F)cc1C(F)(F)F. The van der Waals surface area contributed by atoms with Crippen molar-refractivity contribution in [2.45, 2.75) is 33.2 Å². The number of nitrogen functional groups attached to an aromatic ring is 1. The quantitative estimate of drug-likeness (QED) is 0.0281. The molecule has 0 fully saturated rings. The number of nitrogens with one attached hydrogen (secondary N) is 2. The highest BCUT2D eigenvalue weighted by Crippen LogP contribution is 2.46. The summed E-state index contributed by atoms with van der Waals surface area (Å²) in [5.74, 6) is -1.52. The van der Waals surface area contributed by atoms with Gasteiger partial charge in [-0.3, -0.25) is 30.3 Å². The molecule has 0 aliphatic rings. The standard InChI is InChI=1S/C23H15F9N6O6S3/c24-21(25,26)12-3-10(5-15(18(12)33)36(39)40)46-8-35-20-14(23(30,31)32)4-11(6-17(20)38(43)44)47-7-34-19-13(22(27,28)29)1-9(45)2-16(19)37(41)42/h1-6,34-35,45H,7-8,33H2. The van der Waals surface area contributed by atoms with E-state index in [-0.39, 0.29) is 0 Å². The van der Waals surface area contributed by atoms with E-state index in [1.807, 2.05) is 0 Å². The maximum absolute atomic E-state index is 14.0. The van der Waals surface area contributed by atoms with Gasteiger partial charge in [0.05, 0.1) is 43.2 Å². The third kappa shape index (κ3) is 8.94. The summed E-state index contributed by atoms with van der Waals surface area (Å²) in [6.45, 7) is 0. The molecule has 0 radical (unpaired) electrons. The zero-order chi connectivity index (χ0) is 35.6. The number of alkyl halides is 9. The van der Waals surface area contributed by atoms with Crippen LogP contribution in [0.4, 0.5) is 73.6 Å². The summed E-state index contributed by atoms with van der Waals surface area (Å²) in [4.78, 5) is 29.3. The average Bonchev–Trinajstić information content (AvgIpc) is 2.92. The molecule has 0 atom stereocenters. The van der Waals surface area contributed by atoms with Crippen molar-refractivity contribution in [1.82, 2.24) is 0 Å². The molecule has 3 aromatic rings. The van der Waals surface area contributed by atoms with Gasteiger partial charge < -0.3 is 16.4 Å². The van der Waals surface area contributed by atoms with Gasteiger partial charge in [-0.15, -0.1) is 36.2 Å². The van der Waals surface area contributed by atoms with Gasteiger partial charge >= 0.3 is 18.5 Å². The molecule has 3 aromatic carbocycles. The lowest BCUT2D eigenvalue weighted by Gasteiger charge is -2.18. The van der Waals surface area contributed by atoms with Crippen LogP contribution in [0.5, 0.6) is 0 Å². The summed E-state index contributed by atoms with van der Waals surface area (Å²) in [6.07, 6.45) is -15.6. The molecule has 254 valence electrons. The van der Waals surface area contributed by atoms with E-state index < -0.39 is 111 Å². The minimum absolute atomic E-state index is 0.320. The first kappa shape index (κ1) is 37.1. The second kappa shape index (κ2) is 13.8. The molecule has 12 nitrogen and oxygen atoms in total. The Hall–Kier alpha value is -4.32. The van der Waals surface area contributed by atoms with E-state index in [2.05, 4.69) is 23.3 Å².